The van der Waals surface area contributed by atoms with Crippen molar-refractivity contribution in [2.45, 2.75) is 32.4 Å². The van der Waals surface area contributed by atoms with Crippen LogP contribution in [-0.2, 0) is 16.8 Å². The Bertz CT molecular complexity index is 611. The summed E-state index contributed by atoms with van der Waals surface area (Å²) in [6, 6.07) is 9.91. The van der Waals surface area contributed by atoms with Gasteiger partial charge in [0.25, 0.3) is 10.2 Å². The van der Waals surface area contributed by atoms with Crippen molar-refractivity contribution in [3.63, 3.8) is 0 Å². The quantitative estimate of drug-likeness (QED) is 0.872. The first-order valence-corrected chi connectivity index (χ1v) is 9.46. The molecular formula is C16H26ClN3O2S. The molecule has 1 aromatic carbocycles. The molecule has 0 radical (unpaired) electrons. The number of fused-ring (bicyclic) bond motifs is 1. The lowest BCUT2D eigenvalue weighted by atomic mass is 9.98. The number of hydrogen-bond acceptors (Lipinski definition) is 3. The highest BCUT2D eigenvalue weighted by Crippen LogP contribution is 2.38. The lowest BCUT2D eigenvalue weighted by Crippen LogP contribution is -2.43. The van der Waals surface area contributed by atoms with Crippen LogP contribution in [0.2, 0.25) is 0 Å². The van der Waals surface area contributed by atoms with Crippen molar-refractivity contribution in [2.75, 3.05) is 19.6 Å². The van der Waals surface area contributed by atoms with E-state index >= 15 is 0 Å². The molecule has 23 heavy (non-hydrogen) atoms. The first-order valence-electron chi connectivity index (χ1n) is 8.07. The molecule has 5 nitrogen and oxygen atoms in total. The topological polar surface area (TPSA) is 66.6 Å². The molecule has 3 rings (SSSR count). The minimum atomic E-state index is -3.40. The first-order chi connectivity index (χ1) is 10.5. The summed E-state index contributed by atoms with van der Waals surface area (Å²) in [7, 11) is -3.40. The summed E-state index contributed by atoms with van der Waals surface area (Å²) in [5.74, 6) is 0.783. The zero-order valence-corrected chi connectivity index (χ0v) is 15.1. The molecule has 2 aliphatic rings. The lowest BCUT2D eigenvalue weighted by molar-refractivity contribution is 0.352. The number of benzene rings is 1. The molecule has 1 heterocycles. The summed E-state index contributed by atoms with van der Waals surface area (Å²) in [5.41, 5.74) is 7.14. The maximum absolute atomic E-state index is 12.9. The summed E-state index contributed by atoms with van der Waals surface area (Å²) in [5, 5.41) is 0. The van der Waals surface area contributed by atoms with Crippen LogP contribution < -0.4 is 5.73 Å². The Kier molecular flexibility index (Phi) is 6.08. The molecule has 0 aromatic heterocycles. The summed E-state index contributed by atoms with van der Waals surface area (Å²) in [6.07, 6.45) is 2.09. The van der Waals surface area contributed by atoms with Gasteiger partial charge in [-0.3, -0.25) is 0 Å². The van der Waals surface area contributed by atoms with Crippen LogP contribution in [0.5, 0.6) is 0 Å². The fourth-order valence-electron chi connectivity index (χ4n) is 3.76. The summed E-state index contributed by atoms with van der Waals surface area (Å²) < 4.78 is 29.0. The molecule has 0 amide bonds. The number of halogens is 1. The van der Waals surface area contributed by atoms with Crippen molar-refractivity contribution in [2.24, 2.45) is 17.6 Å². The highest BCUT2D eigenvalue weighted by Gasteiger charge is 2.45. The van der Waals surface area contributed by atoms with Gasteiger partial charge in [-0.25, -0.2) is 0 Å². The minimum absolute atomic E-state index is 0. The van der Waals surface area contributed by atoms with Gasteiger partial charge in [-0.1, -0.05) is 37.3 Å². The molecule has 1 saturated heterocycles. The van der Waals surface area contributed by atoms with E-state index in [4.69, 9.17) is 5.73 Å². The molecule has 130 valence electrons. The molecule has 1 aliphatic carbocycles. The average Bonchev–Trinajstić information content (AvgIpc) is 3.09. The van der Waals surface area contributed by atoms with E-state index in [2.05, 4.69) is 0 Å². The van der Waals surface area contributed by atoms with Gasteiger partial charge >= 0.3 is 0 Å². The number of rotatable bonds is 5. The van der Waals surface area contributed by atoms with Crippen LogP contribution in [0, 0.1) is 11.8 Å². The highest BCUT2D eigenvalue weighted by atomic mass is 35.5. The predicted octanol–water partition coefficient (Wildman–Crippen LogP) is 1.84. The van der Waals surface area contributed by atoms with Crippen LogP contribution in [0.1, 0.15) is 25.3 Å². The van der Waals surface area contributed by atoms with Crippen LogP contribution in [0.3, 0.4) is 0 Å². The third-order valence-corrected chi connectivity index (χ3v) is 7.08. The third kappa shape index (κ3) is 3.72. The van der Waals surface area contributed by atoms with Crippen LogP contribution in [0.4, 0.5) is 0 Å². The van der Waals surface area contributed by atoms with Gasteiger partial charge in [0.15, 0.2) is 0 Å². The standard InChI is InChI=1S/C16H25N3O2S.ClH/c1-2-18(10-13-6-4-3-5-7-13)22(20,21)19-11-14-8-9-16(17)15(14)12-19;/h3-7,14-16H,2,8-12,17H2,1H3;1H. The third-order valence-electron chi connectivity index (χ3n) is 5.09. The molecule has 1 aliphatic heterocycles. The monoisotopic (exact) mass is 359 g/mol. The number of nitrogens with zero attached hydrogens (tertiary/aromatic N) is 2. The maximum Gasteiger partial charge on any atom is 0.282 e. The number of hydrogen-bond donors (Lipinski definition) is 1. The van der Waals surface area contributed by atoms with E-state index in [1.807, 2.05) is 37.3 Å². The molecule has 3 atom stereocenters. The van der Waals surface area contributed by atoms with Crippen LogP contribution in [-0.4, -0.2) is 42.7 Å². The van der Waals surface area contributed by atoms with E-state index in [9.17, 15) is 8.42 Å². The Balaban J connectivity index is 0.00000192. The summed E-state index contributed by atoms with van der Waals surface area (Å²) in [4.78, 5) is 0. The molecule has 7 heteroatoms. The van der Waals surface area contributed by atoms with Gasteiger partial charge in [-0.2, -0.15) is 17.0 Å². The molecule has 0 spiro atoms. The lowest BCUT2D eigenvalue weighted by Gasteiger charge is -2.27. The zero-order chi connectivity index (χ0) is 15.7. The Morgan fingerprint density at radius 1 is 1.22 bits per heavy atom. The van der Waals surface area contributed by atoms with Gasteiger partial charge in [0.2, 0.25) is 0 Å². The first kappa shape index (κ1) is 18.7. The van der Waals surface area contributed by atoms with Gasteiger partial charge in [0.1, 0.15) is 0 Å². The largest absolute Gasteiger partial charge is 0.327 e. The van der Waals surface area contributed by atoms with Crippen LogP contribution in [0.15, 0.2) is 30.3 Å². The Labute approximate surface area is 145 Å². The predicted molar refractivity (Wildman–Crippen MR) is 94.5 cm³/mol. The van der Waals surface area contributed by atoms with E-state index < -0.39 is 10.2 Å². The van der Waals surface area contributed by atoms with Gasteiger partial charge in [0, 0.05) is 32.2 Å². The smallest absolute Gasteiger partial charge is 0.282 e. The number of nitrogens with two attached hydrogens (primary N) is 1. The Morgan fingerprint density at radius 2 is 1.91 bits per heavy atom. The second-order valence-corrected chi connectivity index (χ2v) is 8.33. The summed E-state index contributed by atoms with van der Waals surface area (Å²) >= 11 is 0. The van der Waals surface area contributed by atoms with E-state index in [1.165, 1.54) is 0 Å². The highest BCUT2D eigenvalue weighted by molar-refractivity contribution is 7.86. The fraction of sp³-hybridized carbons (Fsp3) is 0.625. The van der Waals surface area contributed by atoms with E-state index in [1.54, 1.807) is 8.61 Å². The molecule has 0 bridgehead atoms. The second-order valence-electron chi connectivity index (χ2n) is 6.40. The summed E-state index contributed by atoms with van der Waals surface area (Å²) in [6.45, 7) is 4.02. The van der Waals surface area contributed by atoms with Gasteiger partial charge in [0.05, 0.1) is 0 Å². The maximum atomic E-state index is 12.9. The second kappa shape index (κ2) is 7.49. The SMILES string of the molecule is CCN(Cc1ccccc1)S(=O)(=O)N1CC2CCC(N)C2C1.Cl. The van der Waals surface area contributed by atoms with E-state index in [-0.39, 0.29) is 18.4 Å². The molecule has 1 saturated carbocycles. The van der Waals surface area contributed by atoms with Crippen LogP contribution in [0.25, 0.3) is 0 Å². The van der Waals surface area contributed by atoms with Gasteiger partial charge < -0.3 is 5.73 Å². The van der Waals surface area contributed by atoms with Crippen molar-refractivity contribution < 1.29 is 8.42 Å². The minimum Gasteiger partial charge on any atom is -0.327 e. The van der Waals surface area contributed by atoms with Crippen molar-refractivity contribution >= 4 is 22.6 Å². The van der Waals surface area contributed by atoms with Crippen molar-refractivity contribution in [3.05, 3.63) is 35.9 Å². The fourth-order valence-corrected chi connectivity index (χ4v) is 5.47. The van der Waals surface area contributed by atoms with Gasteiger partial charge in [-0.05, 0) is 30.2 Å². The Hall–Kier alpha value is -0.660. The average molecular weight is 360 g/mol. The van der Waals surface area contributed by atoms with Crippen molar-refractivity contribution in [1.82, 2.24) is 8.61 Å². The molecule has 2 N–H and O–H groups in total. The van der Waals surface area contributed by atoms with Crippen molar-refractivity contribution in [1.29, 1.82) is 0 Å². The molecule has 2 fully saturated rings. The normalized spacial score (nSPS) is 27.9. The Morgan fingerprint density at radius 3 is 2.52 bits per heavy atom. The molecule has 3 unspecified atom stereocenters. The molecule has 1 aromatic rings. The van der Waals surface area contributed by atoms with E-state index in [0.29, 0.717) is 38.0 Å². The van der Waals surface area contributed by atoms with Gasteiger partial charge in [-0.15, -0.1) is 12.4 Å². The van der Waals surface area contributed by atoms with E-state index in [0.717, 1.165) is 18.4 Å². The van der Waals surface area contributed by atoms with Crippen LogP contribution >= 0.6 is 12.4 Å². The zero-order valence-electron chi connectivity index (χ0n) is 13.5. The molecular weight excluding hydrogens is 334 g/mol. The van der Waals surface area contributed by atoms with Crippen molar-refractivity contribution in [3.8, 4) is 0 Å².